The molecule has 0 aliphatic carbocycles. The SMILES string of the molecule is COc1cccc(-c2ccncc2N[C@@H](C)C(=O)O)c1. The summed E-state index contributed by atoms with van der Waals surface area (Å²) >= 11 is 0. The number of rotatable bonds is 5. The Morgan fingerprint density at radius 1 is 1.40 bits per heavy atom. The molecule has 104 valence electrons. The smallest absolute Gasteiger partial charge is 0.325 e. The van der Waals surface area contributed by atoms with Gasteiger partial charge in [0.05, 0.1) is 19.0 Å². The number of aliphatic carboxylic acids is 1. The number of hydrogen-bond donors (Lipinski definition) is 2. The molecule has 2 rings (SSSR count). The Hall–Kier alpha value is -2.56. The van der Waals surface area contributed by atoms with Gasteiger partial charge in [-0.15, -0.1) is 0 Å². The maximum atomic E-state index is 10.9. The highest BCUT2D eigenvalue weighted by Gasteiger charge is 2.13. The number of carboxylic acids is 1. The van der Waals surface area contributed by atoms with E-state index in [2.05, 4.69) is 10.3 Å². The molecule has 20 heavy (non-hydrogen) atoms. The minimum atomic E-state index is -0.912. The zero-order valence-electron chi connectivity index (χ0n) is 11.3. The third-order valence-electron chi connectivity index (χ3n) is 2.94. The highest BCUT2D eigenvalue weighted by Crippen LogP contribution is 2.29. The zero-order chi connectivity index (χ0) is 14.5. The second-order valence-electron chi connectivity index (χ2n) is 4.36. The fraction of sp³-hybridized carbons (Fsp3) is 0.200. The minimum absolute atomic E-state index is 0.677. The second kappa shape index (κ2) is 6.06. The van der Waals surface area contributed by atoms with E-state index >= 15 is 0 Å². The van der Waals surface area contributed by atoms with Gasteiger partial charge < -0.3 is 15.2 Å². The van der Waals surface area contributed by atoms with Crippen molar-refractivity contribution in [2.75, 3.05) is 12.4 Å². The first kappa shape index (κ1) is 13.9. The molecular weight excluding hydrogens is 256 g/mol. The van der Waals surface area contributed by atoms with Crippen LogP contribution in [0, 0.1) is 0 Å². The summed E-state index contributed by atoms with van der Waals surface area (Å²) in [5, 5.41) is 11.9. The van der Waals surface area contributed by atoms with Gasteiger partial charge in [0.2, 0.25) is 0 Å². The molecule has 1 atom stereocenters. The molecule has 1 aromatic carbocycles. The number of methoxy groups -OCH3 is 1. The Labute approximate surface area is 117 Å². The van der Waals surface area contributed by atoms with Crippen molar-refractivity contribution >= 4 is 11.7 Å². The molecule has 0 bridgehead atoms. The fourth-order valence-corrected chi connectivity index (χ4v) is 1.85. The summed E-state index contributed by atoms with van der Waals surface area (Å²) < 4.78 is 5.21. The average Bonchev–Trinajstić information content (AvgIpc) is 2.47. The maximum absolute atomic E-state index is 10.9. The van der Waals surface area contributed by atoms with Crippen LogP contribution in [0.3, 0.4) is 0 Å². The summed E-state index contributed by atoms with van der Waals surface area (Å²) in [6, 6.07) is 8.73. The molecular formula is C15H16N2O3. The number of carbonyl (C=O) groups is 1. The Morgan fingerprint density at radius 3 is 2.90 bits per heavy atom. The lowest BCUT2D eigenvalue weighted by Crippen LogP contribution is -2.25. The predicted octanol–water partition coefficient (Wildman–Crippen LogP) is 2.64. The quantitative estimate of drug-likeness (QED) is 0.875. The van der Waals surface area contributed by atoms with Gasteiger partial charge in [-0.1, -0.05) is 12.1 Å². The molecule has 5 heteroatoms. The van der Waals surface area contributed by atoms with Gasteiger partial charge in [0.25, 0.3) is 0 Å². The summed E-state index contributed by atoms with van der Waals surface area (Å²) in [7, 11) is 1.61. The number of benzene rings is 1. The largest absolute Gasteiger partial charge is 0.497 e. The molecule has 1 aromatic heterocycles. The molecule has 0 saturated carbocycles. The minimum Gasteiger partial charge on any atom is -0.497 e. The van der Waals surface area contributed by atoms with Gasteiger partial charge in [0.1, 0.15) is 11.8 Å². The van der Waals surface area contributed by atoms with Gasteiger partial charge in [-0.25, -0.2) is 0 Å². The molecule has 0 amide bonds. The van der Waals surface area contributed by atoms with Gasteiger partial charge in [-0.05, 0) is 30.7 Å². The van der Waals surface area contributed by atoms with Crippen molar-refractivity contribution in [1.29, 1.82) is 0 Å². The Morgan fingerprint density at radius 2 is 2.20 bits per heavy atom. The van der Waals surface area contributed by atoms with Crippen LogP contribution >= 0.6 is 0 Å². The Balaban J connectivity index is 2.38. The van der Waals surface area contributed by atoms with Gasteiger partial charge >= 0.3 is 5.97 Å². The van der Waals surface area contributed by atoms with Crippen LogP contribution in [0.15, 0.2) is 42.7 Å². The molecule has 1 heterocycles. The van der Waals surface area contributed by atoms with Crippen LogP contribution in [0.4, 0.5) is 5.69 Å². The number of hydrogen-bond acceptors (Lipinski definition) is 4. The van der Waals surface area contributed by atoms with Crippen LogP contribution in [0.25, 0.3) is 11.1 Å². The van der Waals surface area contributed by atoms with Crippen molar-refractivity contribution in [3.63, 3.8) is 0 Å². The monoisotopic (exact) mass is 272 g/mol. The molecule has 2 aromatic rings. The van der Waals surface area contributed by atoms with Crippen LogP contribution in [0.1, 0.15) is 6.92 Å². The van der Waals surface area contributed by atoms with E-state index in [1.54, 1.807) is 26.4 Å². The van der Waals surface area contributed by atoms with Crippen LogP contribution in [0.5, 0.6) is 5.75 Å². The number of aromatic nitrogens is 1. The lowest BCUT2D eigenvalue weighted by atomic mass is 10.0. The number of anilines is 1. The van der Waals surface area contributed by atoms with E-state index in [-0.39, 0.29) is 0 Å². The third kappa shape index (κ3) is 3.06. The van der Waals surface area contributed by atoms with Gasteiger partial charge in [0, 0.05) is 11.8 Å². The zero-order valence-corrected chi connectivity index (χ0v) is 11.3. The van der Waals surface area contributed by atoms with Gasteiger partial charge in [-0.2, -0.15) is 0 Å². The summed E-state index contributed by atoms with van der Waals surface area (Å²) in [6.45, 7) is 1.59. The van der Waals surface area contributed by atoms with Gasteiger partial charge in [-0.3, -0.25) is 9.78 Å². The van der Waals surface area contributed by atoms with Crippen molar-refractivity contribution in [3.05, 3.63) is 42.7 Å². The Kier molecular flexibility index (Phi) is 4.20. The average molecular weight is 272 g/mol. The fourth-order valence-electron chi connectivity index (χ4n) is 1.85. The third-order valence-corrected chi connectivity index (χ3v) is 2.94. The molecule has 0 spiro atoms. The lowest BCUT2D eigenvalue weighted by molar-refractivity contribution is -0.137. The lowest BCUT2D eigenvalue weighted by Gasteiger charge is -2.15. The van der Waals surface area contributed by atoms with E-state index in [1.165, 1.54) is 0 Å². The first-order valence-electron chi connectivity index (χ1n) is 6.19. The number of nitrogens with zero attached hydrogens (tertiary/aromatic N) is 1. The molecule has 0 aliphatic rings. The van der Waals surface area contributed by atoms with E-state index in [4.69, 9.17) is 9.84 Å². The first-order chi connectivity index (χ1) is 9.61. The van der Waals surface area contributed by atoms with Crippen LogP contribution < -0.4 is 10.1 Å². The second-order valence-corrected chi connectivity index (χ2v) is 4.36. The van der Waals surface area contributed by atoms with Gasteiger partial charge in [0.15, 0.2) is 0 Å². The topological polar surface area (TPSA) is 71.5 Å². The molecule has 0 radical (unpaired) electrons. The van der Waals surface area contributed by atoms with E-state index in [9.17, 15) is 4.79 Å². The van der Waals surface area contributed by atoms with Crippen molar-refractivity contribution in [1.82, 2.24) is 4.98 Å². The number of nitrogens with one attached hydrogen (secondary N) is 1. The van der Waals surface area contributed by atoms with E-state index in [0.717, 1.165) is 16.9 Å². The molecule has 5 nitrogen and oxygen atoms in total. The van der Waals surface area contributed by atoms with E-state index in [0.29, 0.717) is 5.69 Å². The predicted molar refractivity (Wildman–Crippen MR) is 76.9 cm³/mol. The molecule has 0 unspecified atom stereocenters. The molecule has 2 N–H and O–H groups in total. The standard InChI is InChI=1S/C15H16N2O3/c1-10(15(18)19)17-14-9-16-7-6-13(14)11-4-3-5-12(8-11)20-2/h3-10,17H,1-2H3,(H,18,19)/t10-/m0/s1. The summed E-state index contributed by atoms with van der Waals surface area (Å²) in [5.74, 6) is -0.165. The number of carboxylic acid groups (broad SMARTS) is 1. The number of ether oxygens (including phenoxy) is 1. The number of pyridine rings is 1. The van der Waals surface area contributed by atoms with Crippen molar-refractivity contribution in [3.8, 4) is 16.9 Å². The summed E-state index contributed by atoms with van der Waals surface area (Å²) in [4.78, 5) is 15.0. The van der Waals surface area contributed by atoms with Crippen molar-refractivity contribution < 1.29 is 14.6 Å². The van der Waals surface area contributed by atoms with Crippen LogP contribution in [0.2, 0.25) is 0 Å². The summed E-state index contributed by atoms with van der Waals surface area (Å²) in [5.41, 5.74) is 2.49. The van der Waals surface area contributed by atoms with E-state index in [1.807, 2.05) is 30.3 Å². The first-order valence-corrected chi connectivity index (χ1v) is 6.19. The molecule has 0 fully saturated rings. The normalized spacial score (nSPS) is 11.7. The van der Waals surface area contributed by atoms with Crippen molar-refractivity contribution in [2.24, 2.45) is 0 Å². The van der Waals surface area contributed by atoms with Crippen molar-refractivity contribution in [2.45, 2.75) is 13.0 Å². The maximum Gasteiger partial charge on any atom is 0.325 e. The highest BCUT2D eigenvalue weighted by atomic mass is 16.5. The van der Waals surface area contributed by atoms with Crippen LogP contribution in [-0.4, -0.2) is 29.2 Å². The van der Waals surface area contributed by atoms with Crippen LogP contribution in [-0.2, 0) is 4.79 Å². The van der Waals surface area contributed by atoms with E-state index < -0.39 is 12.0 Å². The highest BCUT2D eigenvalue weighted by molar-refractivity contribution is 5.82. The molecule has 0 saturated heterocycles. The Bertz CT molecular complexity index is 614. The molecule has 0 aliphatic heterocycles. The summed E-state index contributed by atoms with van der Waals surface area (Å²) in [6.07, 6.45) is 3.29.